The molecular weight excluding hydrogens is 316 g/mol. The Morgan fingerprint density at radius 3 is 2.52 bits per heavy atom. The van der Waals surface area contributed by atoms with Crippen LogP contribution in [-0.2, 0) is 4.74 Å². The molecule has 1 aromatic carbocycles. The minimum Gasteiger partial charge on any atom is -0.497 e. The Morgan fingerprint density at radius 1 is 1.28 bits per heavy atom. The summed E-state index contributed by atoms with van der Waals surface area (Å²) in [6.07, 6.45) is 2.38. The molecule has 1 aliphatic heterocycles. The molecule has 1 aromatic rings. The van der Waals surface area contributed by atoms with Gasteiger partial charge in [0.25, 0.3) is 5.91 Å². The summed E-state index contributed by atoms with van der Waals surface area (Å²) >= 11 is 0. The van der Waals surface area contributed by atoms with E-state index in [2.05, 4.69) is 18.7 Å². The maximum atomic E-state index is 12.9. The average Bonchev–Trinajstić information content (AvgIpc) is 3.05. The Kier molecular flexibility index (Phi) is 7.26. The van der Waals surface area contributed by atoms with Crippen molar-refractivity contribution in [1.29, 1.82) is 0 Å². The molecule has 0 aliphatic carbocycles. The van der Waals surface area contributed by atoms with Gasteiger partial charge in [0, 0.05) is 38.3 Å². The van der Waals surface area contributed by atoms with Crippen molar-refractivity contribution >= 4 is 5.91 Å². The molecule has 140 valence electrons. The predicted molar refractivity (Wildman–Crippen MR) is 100 cm³/mol. The highest BCUT2D eigenvalue weighted by Crippen LogP contribution is 2.22. The van der Waals surface area contributed by atoms with Crippen LogP contribution in [0.1, 0.15) is 37.0 Å². The van der Waals surface area contributed by atoms with Crippen molar-refractivity contribution in [3.63, 3.8) is 0 Å². The van der Waals surface area contributed by atoms with Crippen LogP contribution in [0.5, 0.6) is 5.75 Å². The highest BCUT2D eigenvalue weighted by atomic mass is 16.5. The van der Waals surface area contributed by atoms with E-state index in [1.165, 1.54) is 12.8 Å². The van der Waals surface area contributed by atoms with Crippen LogP contribution in [0.25, 0.3) is 0 Å². The van der Waals surface area contributed by atoms with Gasteiger partial charge in [0.05, 0.1) is 13.7 Å². The van der Waals surface area contributed by atoms with Crippen LogP contribution in [0, 0.1) is 5.92 Å². The van der Waals surface area contributed by atoms with Crippen LogP contribution < -0.4 is 4.74 Å². The third-order valence-electron chi connectivity index (χ3n) is 5.20. The number of hydrogen-bond donors (Lipinski definition) is 0. The molecule has 5 heteroatoms. The van der Waals surface area contributed by atoms with E-state index in [9.17, 15) is 4.79 Å². The van der Waals surface area contributed by atoms with Crippen LogP contribution in [0.2, 0.25) is 0 Å². The van der Waals surface area contributed by atoms with Crippen molar-refractivity contribution in [2.75, 3.05) is 41.0 Å². The van der Waals surface area contributed by atoms with E-state index >= 15 is 0 Å². The van der Waals surface area contributed by atoms with Crippen molar-refractivity contribution < 1.29 is 14.3 Å². The molecule has 1 heterocycles. The number of ether oxygens (including phenoxy) is 2. The zero-order chi connectivity index (χ0) is 18.4. The first-order valence-corrected chi connectivity index (χ1v) is 9.12. The average molecular weight is 348 g/mol. The maximum absolute atomic E-state index is 12.9. The number of methoxy groups -OCH3 is 2. The number of likely N-dealkylation sites (tertiary alicyclic amines) is 1. The van der Waals surface area contributed by atoms with Gasteiger partial charge < -0.3 is 14.4 Å². The second-order valence-corrected chi connectivity index (χ2v) is 7.20. The minimum absolute atomic E-state index is 0.0591. The fourth-order valence-corrected chi connectivity index (χ4v) is 3.63. The van der Waals surface area contributed by atoms with Crippen molar-refractivity contribution in [3.05, 3.63) is 29.8 Å². The Hall–Kier alpha value is -1.59. The summed E-state index contributed by atoms with van der Waals surface area (Å²) in [5.41, 5.74) is 0.698. The fourth-order valence-electron chi connectivity index (χ4n) is 3.63. The molecule has 2 rings (SSSR count). The number of rotatable bonds is 8. The molecule has 0 aromatic heterocycles. The van der Waals surface area contributed by atoms with E-state index in [0.29, 0.717) is 17.5 Å². The molecule has 0 spiro atoms. The highest BCUT2D eigenvalue weighted by Gasteiger charge is 2.31. The smallest absolute Gasteiger partial charge is 0.253 e. The first-order valence-electron chi connectivity index (χ1n) is 9.12. The zero-order valence-corrected chi connectivity index (χ0v) is 16.2. The largest absolute Gasteiger partial charge is 0.497 e. The highest BCUT2D eigenvalue weighted by molar-refractivity contribution is 5.94. The van der Waals surface area contributed by atoms with Gasteiger partial charge in [0.15, 0.2) is 0 Å². The van der Waals surface area contributed by atoms with Crippen LogP contribution in [0.4, 0.5) is 0 Å². The molecule has 5 nitrogen and oxygen atoms in total. The molecule has 1 fully saturated rings. The summed E-state index contributed by atoms with van der Waals surface area (Å²) in [5, 5.41) is 0. The molecule has 0 N–H and O–H groups in total. The Morgan fingerprint density at radius 2 is 1.96 bits per heavy atom. The molecule has 0 bridgehead atoms. The SMILES string of the molecule is COC[C@@H]1CCCN1C[C@H](C(C)C)N(C)C(=O)c1ccc(OC)cc1. The van der Waals surface area contributed by atoms with Gasteiger partial charge in [-0.15, -0.1) is 0 Å². The topological polar surface area (TPSA) is 42.0 Å². The Balaban J connectivity index is 2.08. The summed E-state index contributed by atoms with van der Waals surface area (Å²) in [7, 11) is 5.30. The second-order valence-electron chi connectivity index (χ2n) is 7.20. The Bertz CT molecular complexity index is 544. The lowest BCUT2D eigenvalue weighted by Gasteiger charge is -2.36. The van der Waals surface area contributed by atoms with Crippen LogP contribution in [-0.4, -0.2) is 68.8 Å². The Labute approximate surface area is 151 Å². The van der Waals surface area contributed by atoms with E-state index in [1.807, 2.05) is 36.2 Å². The molecule has 0 saturated carbocycles. The molecule has 1 saturated heterocycles. The number of nitrogens with zero attached hydrogens (tertiary/aromatic N) is 2. The number of likely N-dealkylation sites (N-methyl/N-ethyl adjacent to an activating group) is 1. The van der Waals surface area contributed by atoms with Crippen molar-refractivity contribution in [2.45, 2.75) is 38.8 Å². The van der Waals surface area contributed by atoms with Crippen molar-refractivity contribution in [3.8, 4) is 5.75 Å². The van der Waals surface area contributed by atoms with Crippen LogP contribution in [0.3, 0.4) is 0 Å². The van der Waals surface area contributed by atoms with Gasteiger partial charge in [0.2, 0.25) is 0 Å². The maximum Gasteiger partial charge on any atom is 0.253 e. The first-order chi connectivity index (χ1) is 12.0. The predicted octanol–water partition coefficient (Wildman–Crippen LogP) is 2.90. The molecule has 0 radical (unpaired) electrons. The fraction of sp³-hybridized carbons (Fsp3) is 0.650. The quantitative estimate of drug-likeness (QED) is 0.724. The van der Waals surface area contributed by atoms with Gasteiger partial charge in [-0.25, -0.2) is 0 Å². The van der Waals surface area contributed by atoms with Crippen molar-refractivity contribution in [2.24, 2.45) is 5.92 Å². The van der Waals surface area contributed by atoms with Crippen molar-refractivity contribution in [1.82, 2.24) is 9.80 Å². The number of amides is 1. The van der Waals surface area contributed by atoms with E-state index in [1.54, 1.807) is 14.2 Å². The summed E-state index contributed by atoms with van der Waals surface area (Å²) in [5.74, 6) is 1.21. The van der Waals surface area contributed by atoms with Gasteiger partial charge in [0.1, 0.15) is 5.75 Å². The monoisotopic (exact) mass is 348 g/mol. The summed E-state index contributed by atoms with van der Waals surface area (Å²) in [4.78, 5) is 17.3. The third-order valence-corrected chi connectivity index (χ3v) is 5.20. The lowest BCUT2D eigenvalue weighted by Crippen LogP contribution is -2.49. The standard InChI is InChI=1S/C20H32N2O3/c1-15(2)19(13-22-12-6-7-17(22)14-24-4)21(3)20(23)16-8-10-18(25-5)11-9-16/h8-11,15,17,19H,6-7,12-14H2,1-5H3/t17-,19+/m0/s1. The number of carbonyl (C=O) groups excluding carboxylic acids is 1. The first kappa shape index (κ1) is 19.7. The molecule has 1 aliphatic rings. The van der Waals surface area contributed by atoms with Gasteiger partial charge >= 0.3 is 0 Å². The van der Waals surface area contributed by atoms with Gasteiger partial charge in [-0.05, 0) is 49.6 Å². The molecule has 25 heavy (non-hydrogen) atoms. The molecule has 1 amide bonds. The van der Waals surface area contributed by atoms with Gasteiger partial charge in [-0.3, -0.25) is 9.69 Å². The minimum atomic E-state index is 0.0591. The van der Waals surface area contributed by atoms with E-state index in [0.717, 1.165) is 25.4 Å². The number of benzene rings is 1. The summed E-state index contributed by atoms with van der Waals surface area (Å²) in [6, 6.07) is 7.97. The number of hydrogen-bond acceptors (Lipinski definition) is 4. The third kappa shape index (κ3) is 4.95. The van der Waals surface area contributed by atoms with E-state index in [-0.39, 0.29) is 11.9 Å². The van der Waals surface area contributed by atoms with Gasteiger partial charge in [-0.2, -0.15) is 0 Å². The summed E-state index contributed by atoms with van der Waals surface area (Å²) < 4.78 is 10.5. The molecule has 2 atom stereocenters. The van der Waals surface area contributed by atoms with Crippen LogP contribution in [0.15, 0.2) is 24.3 Å². The number of carbonyl (C=O) groups is 1. The lowest BCUT2D eigenvalue weighted by atomic mass is 10.0. The molecular formula is C20H32N2O3. The summed E-state index contributed by atoms with van der Waals surface area (Å²) in [6.45, 7) is 7.11. The van der Waals surface area contributed by atoms with E-state index < -0.39 is 0 Å². The molecule has 0 unspecified atom stereocenters. The lowest BCUT2D eigenvalue weighted by molar-refractivity contribution is 0.0555. The van der Waals surface area contributed by atoms with Crippen LogP contribution >= 0.6 is 0 Å². The normalized spacial score (nSPS) is 19.2. The van der Waals surface area contributed by atoms with E-state index in [4.69, 9.17) is 9.47 Å². The second kappa shape index (κ2) is 9.20. The van der Waals surface area contributed by atoms with Gasteiger partial charge in [-0.1, -0.05) is 13.8 Å². The zero-order valence-electron chi connectivity index (χ0n) is 16.2.